The monoisotopic (exact) mass is 274 g/mol. The number of rotatable bonds is 3. The molecule has 1 aromatic carbocycles. The number of carbonyl (C=O) groups is 2. The van der Waals surface area contributed by atoms with Gasteiger partial charge in [-0.25, -0.2) is 0 Å². The van der Waals surface area contributed by atoms with Gasteiger partial charge in [0.1, 0.15) is 5.25 Å². The average molecular weight is 274 g/mol. The van der Waals surface area contributed by atoms with Crippen LogP contribution in [0.3, 0.4) is 0 Å². The predicted molar refractivity (Wildman–Crippen MR) is 71.7 cm³/mol. The molecule has 1 fully saturated rings. The molecule has 1 aliphatic heterocycles. The average Bonchev–Trinajstić information content (AvgIpc) is 2.68. The highest BCUT2D eigenvalue weighted by Gasteiger charge is 2.31. The third-order valence-corrected chi connectivity index (χ3v) is 3.44. The molecule has 1 saturated heterocycles. The van der Waals surface area contributed by atoms with Crippen molar-refractivity contribution in [1.29, 1.82) is 10.7 Å². The smallest absolute Gasteiger partial charge is 0.240 e. The van der Waals surface area contributed by atoms with Gasteiger partial charge in [0.2, 0.25) is 11.8 Å². The predicted octanol–water partition coefficient (Wildman–Crippen LogP) is 1.05. The number of nitriles is 1. The van der Waals surface area contributed by atoms with Crippen molar-refractivity contribution in [2.75, 3.05) is 5.32 Å². The highest BCUT2D eigenvalue weighted by Crippen LogP contribution is 2.21. The number of hydrogen-bond acceptors (Lipinski definition) is 5. The highest BCUT2D eigenvalue weighted by atomic mass is 32.2. The van der Waals surface area contributed by atoms with E-state index in [0.717, 1.165) is 11.8 Å². The van der Waals surface area contributed by atoms with E-state index in [2.05, 4.69) is 10.6 Å². The molecule has 7 heteroatoms. The van der Waals surface area contributed by atoms with E-state index < -0.39 is 5.25 Å². The number of anilines is 1. The maximum absolute atomic E-state index is 11.8. The Kier molecular flexibility index (Phi) is 3.82. The Balaban J connectivity index is 1.96. The fourth-order valence-electron chi connectivity index (χ4n) is 1.60. The Hall–Kier alpha value is -2.33. The number of nitrogens with one attached hydrogen (secondary N) is 3. The highest BCUT2D eigenvalue weighted by molar-refractivity contribution is 8.15. The van der Waals surface area contributed by atoms with Crippen molar-refractivity contribution < 1.29 is 9.59 Å². The SMILES string of the molecule is N#Cc1cccc(NC(=O)CC2SC(=N)NC2=O)c1. The molecule has 1 heterocycles. The summed E-state index contributed by atoms with van der Waals surface area (Å²) < 4.78 is 0. The van der Waals surface area contributed by atoms with Crippen molar-refractivity contribution in [3.63, 3.8) is 0 Å². The Bertz CT molecular complexity index is 594. The summed E-state index contributed by atoms with van der Waals surface area (Å²) in [6, 6.07) is 8.51. The second-order valence-electron chi connectivity index (χ2n) is 3.87. The van der Waals surface area contributed by atoms with E-state index in [4.69, 9.17) is 10.7 Å². The van der Waals surface area contributed by atoms with Crippen LogP contribution in [-0.4, -0.2) is 22.2 Å². The molecule has 19 heavy (non-hydrogen) atoms. The van der Waals surface area contributed by atoms with Gasteiger partial charge >= 0.3 is 0 Å². The molecule has 1 aliphatic rings. The number of benzene rings is 1. The zero-order chi connectivity index (χ0) is 13.8. The second-order valence-corrected chi connectivity index (χ2v) is 5.08. The molecule has 0 spiro atoms. The molecule has 1 aromatic rings. The van der Waals surface area contributed by atoms with E-state index in [-0.39, 0.29) is 23.4 Å². The topological polar surface area (TPSA) is 106 Å². The summed E-state index contributed by atoms with van der Waals surface area (Å²) in [5.41, 5.74) is 0.968. The summed E-state index contributed by atoms with van der Waals surface area (Å²) in [6.07, 6.45) is -0.00430. The summed E-state index contributed by atoms with van der Waals surface area (Å²) in [6.45, 7) is 0. The molecule has 2 amide bonds. The van der Waals surface area contributed by atoms with Gasteiger partial charge in [-0.15, -0.1) is 0 Å². The molecular formula is C12H10N4O2S. The summed E-state index contributed by atoms with van der Waals surface area (Å²) in [7, 11) is 0. The molecule has 6 nitrogen and oxygen atoms in total. The Morgan fingerprint density at radius 2 is 2.37 bits per heavy atom. The first-order valence-corrected chi connectivity index (χ1v) is 6.32. The molecule has 0 aliphatic carbocycles. The molecule has 96 valence electrons. The number of amidine groups is 1. The minimum absolute atomic E-state index is 0.00430. The lowest BCUT2D eigenvalue weighted by Crippen LogP contribution is -2.27. The molecule has 2 rings (SSSR count). The van der Waals surface area contributed by atoms with Gasteiger partial charge in [-0.3, -0.25) is 15.0 Å². The van der Waals surface area contributed by atoms with Crippen molar-refractivity contribution in [1.82, 2.24) is 5.32 Å². The first-order chi connectivity index (χ1) is 9.08. The summed E-state index contributed by atoms with van der Waals surface area (Å²) in [4.78, 5) is 23.1. The van der Waals surface area contributed by atoms with E-state index in [1.807, 2.05) is 6.07 Å². The van der Waals surface area contributed by atoms with E-state index >= 15 is 0 Å². The minimum Gasteiger partial charge on any atom is -0.326 e. The molecule has 0 aromatic heterocycles. The summed E-state index contributed by atoms with van der Waals surface area (Å²) >= 11 is 1.03. The number of nitrogens with zero attached hydrogens (tertiary/aromatic N) is 1. The van der Waals surface area contributed by atoms with Gasteiger partial charge < -0.3 is 10.6 Å². The fourth-order valence-corrected chi connectivity index (χ4v) is 2.44. The van der Waals surface area contributed by atoms with Crippen LogP contribution in [0.4, 0.5) is 5.69 Å². The zero-order valence-corrected chi connectivity index (χ0v) is 10.6. The lowest BCUT2D eigenvalue weighted by molar-refractivity contribution is -0.122. The third-order valence-electron chi connectivity index (χ3n) is 2.44. The lowest BCUT2D eigenvalue weighted by atomic mass is 10.2. The van der Waals surface area contributed by atoms with Crippen molar-refractivity contribution in [2.24, 2.45) is 0 Å². The lowest BCUT2D eigenvalue weighted by Gasteiger charge is -2.07. The third kappa shape index (κ3) is 3.33. The van der Waals surface area contributed by atoms with Gasteiger partial charge in [0.15, 0.2) is 5.17 Å². The fraction of sp³-hybridized carbons (Fsp3) is 0.167. The molecule has 3 N–H and O–H groups in total. The van der Waals surface area contributed by atoms with Crippen LogP contribution in [0.5, 0.6) is 0 Å². The first-order valence-electron chi connectivity index (χ1n) is 5.44. The standard InChI is InChI=1S/C12H10N4O2S/c13-6-7-2-1-3-8(4-7)15-10(17)5-9-11(18)16-12(14)19-9/h1-4,9H,5H2,(H,15,17)(H2,14,16,18). The van der Waals surface area contributed by atoms with Crippen molar-refractivity contribution in [3.8, 4) is 6.07 Å². The van der Waals surface area contributed by atoms with Gasteiger partial charge in [0.05, 0.1) is 11.6 Å². The van der Waals surface area contributed by atoms with Crippen LogP contribution < -0.4 is 10.6 Å². The Morgan fingerprint density at radius 3 is 3.00 bits per heavy atom. The molecule has 0 bridgehead atoms. The van der Waals surface area contributed by atoms with E-state index in [1.54, 1.807) is 24.3 Å². The van der Waals surface area contributed by atoms with Crippen LogP contribution in [0.2, 0.25) is 0 Å². The Morgan fingerprint density at radius 1 is 1.58 bits per heavy atom. The maximum atomic E-state index is 11.8. The van der Waals surface area contributed by atoms with Crippen LogP contribution in [0.15, 0.2) is 24.3 Å². The summed E-state index contributed by atoms with van der Waals surface area (Å²) in [5.74, 6) is -0.645. The molecular weight excluding hydrogens is 264 g/mol. The molecule has 1 atom stereocenters. The van der Waals surface area contributed by atoms with Crippen LogP contribution in [0.1, 0.15) is 12.0 Å². The molecule has 0 radical (unpaired) electrons. The van der Waals surface area contributed by atoms with Gasteiger partial charge in [0.25, 0.3) is 0 Å². The number of thioether (sulfide) groups is 1. The normalized spacial score (nSPS) is 17.7. The molecule has 0 saturated carbocycles. The Labute approximate surface area is 113 Å². The van der Waals surface area contributed by atoms with Crippen molar-refractivity contribution in [2.45, 2.75) is 11.7 Å². The van der Waals surface area contributed by atoms with Crippen molar-refractivity contribution >= 4 is 34.4 Å². The van der Waals surface area contributed by atoms with Crippen LogP contribution in [0.25, 0.3) is 0 Å². The van der Waals surface area contributed by atoms with Crippen LogP contribution in [0, 0.1) is 16.7 Å². The minimum atomic E-state index is -0.563. The first kappa shape index (κ1) is 13.1. The maximum Gasteiger partial charge on any atom is 0.240 e. The zero-order valence-electron chi connectivity index (χ0n) is 9.77. The summed E-state index contributed by atoms with van der Waals surface area (Å²) in [5, 5.41) is 20.5. The van der Waals surface area contributed by atoms with E-state index in [0.29, 0.717) is 11.3 Å². The number of hydrogen-bond donors (Lipinski definition) is 3. The van der Waals surface area contributed by atoms with Crippen LogP contribution >= 0.6 is 11.8 Å². The van der Waals surface area contributed by atoms with Crippen molar-refractivity contribution in [3.05, 3.63) is 29.8 Å². The van der Waals surface area contributed by atoms with E-state index in [9.17, 15) is 9.59 Å². The van der Waals surface area contributed by atoms with Gasteiger partial charge in [-0.2, -0.15) is 5.26 Å². The quantitative estimate of drug-likeness (QED) is 0.766. The molecule has 1 unspecified atom stereocenters. The van der Waals surface area contributed by atoms with Gasteiger partial charge in [0, 0.05) is 12.1 Å². The number of carbonyl (C=O) groups excluding carboxylic acids is 2. The largest absolute Gasteiger partial charge is 0.326 e. The van der Waals surface area contributed by atoms with Gasteiger partial charge in [-0.1, -0.05) is 17.8 Å². The van der Waals surface area contributed by atoms with E-state index in [1.165, 1.54) is 0 Å². The number of amides is 2. The van der Waals surface area contributed by atoms with Gasteiger partial charge in [-0.05, 0) is 18.2 Å². The second kappa shape index (κ2) is 5.54. The van der Waals surface area contributed by atoms with Crippen LogP contribution in [-0.2, 0) is 9.59 Å².